The highest BCUT2D eigenvalue weighted by atomic mass is 32.2. The van der Waals surface area contributed by atoms with E-state index in [4.69, 9.17) is 9.47 Å². The molecule has 37 heavy (non-hydrogen) atoms. The Bertz CT molecular complexity index is 1340. The molecule has 0 aromatic carbocycles. The summed E-state index contributed by atoms with van der Waals surface area (Å²) in [6.45, 7) is 4.18. The van der Waals surface area contributed by atoms with Gasteiger partial charge in [-0.05, 0) is 38.8 Å². The smallest absolute Gasteiger partial charge is 0.281 e. The van der Waals surface area contributed by atoms with Gasteiger partial charge in [0.05, 0.1) is 47.1 Å². The first-order chi connectivity index (χ1) is 17.7. The van der Waals surface area contributed by atoms with Crippen LogP contribution in [-0.4, -0.2) is 59.8 Å². The third-order valence-electron chi connectivity index (χ3n) is 6.01. The molecular weight excluding hydrogens is 516 g/mol. The molecule has 0 unspecified atom stereocenters. The Hall–Kier alpha value is -3.16. The SMILES string of the molecule is CCOc1cncc(-c2cnc(C(=O)N[C@](C)(COC)c3cc(NS(=O)(=O)C4CCCC4)ccn3)s2)n1. The molecule has 4 rings (SSSR count). The van der Waals surface area contributed by atoms with Crippen LogP contribution in [0.25, 0.3) is 10.6 Å². The number of thiazole rings is 1. The lowest BCUT2D eigenvalue weighted by molar-refractivity contribution is 0.0777. The van der Waals surface area contributed by atoms with Crippen molar-refractivity contribution in [2.75, 3.05) is 25.0 Å². The van der Waals surface area contributed by atoms with E-state index in [0.717, 1.165) is 12.8 Å². The second kappa shape index (κ2) is 11.5. The molecular formula is C24H30N6O5S2. The van der Waals surface area contributed by atoms with Crippen molar-refractivity contribution in [3.63, 3.8) is 0 Å². The summed E-state index contributed by atoms with van der Waals surface area (Å²) in [7, 11) is -1.99. The molecule has 3 aromatic heterocycles. The molecule has 0 aliphatic heterocycles. The summed E-state index contributed by atoms with van der Waals surface area (Å²) in [5.74, 6) is -0.0370. The fraction of sp³-hybridized carbons (Fsp3) is 0.458. The zero-order chi connectivity index (χ0) is 26.5. The first kappa shape index (κ1) is 26.9. The normalized spacial score (nSPS) is 15.8. The van der Waals surface area contributed by atoms with Gasteiger partial charge in [0.1, 0.15) is 11.2 Å². The van der Waals surface area contributed by atoms with Crippen molar-refractivity contribution >= 4 is 33.0 Å². The number of nitrogens with one attached hydrogen (secondary N) is 2. The minimum absolute atomic E-state index is 0.102. The minimum atomic E-state index is -3.51. The molecule has 3 aromatic rings. The van der Waals surface area contributed by atoms with Crippen LogP contribution in [0, 0.1) is 0 Å². The quantitative estimate of drug-likeness (QED) is 0.370. The van der Waals surface area contributed by atoms with Gasteiger partial charge in [-0.1, -0.05) is 12.8 Å². The number of nitrogens with zero attached hydrogens (tertiary/aromatic N) is 4. The number of pyridine rings is 1. The summed E-state index contributed by atoms with van der Waals surface area (Å²) >= 11 is 1.17. The summed E-state index contributed by atoms with van der Waals surface area (Å²) in [5.41, 5.74) is 0.325. The number of anilines is 1. The molecule has 1 atom stereocenters. The van der Waals surface area contributed by atoms with Gasteiger partial charge < -0.3 is 14.8 Å². The zero-order valence-electron chi connectivity index (χ0n) is 20.9. The van der Waals surface area contributed by atoms with E-state index in [-0.39, 0.29) is 11.6 Å². The number of amides is 1. The average molecular weight is 547 g/mol. The van der Waals surface area contributed by atoms with Gasteiger partial charge in [-0.3, -0.25) is 19.5 Å². The van der Waals surface area contributed by atoms with E-state index in [2.05, 4.69) is 30.0 Å². The number of carbonyl (C=O) groups is 1. The maximum atomic E-state index is 13.2. The van der Waals surface area contributed by atoms with E-state index in [1.54, 1.807) is 31.5 Å². The number of hydrogen-bond acceptors (Lipinski definition) is 10. The Morgan fingerprint density at radius 2 is 2.00 bits per heavy atom. The van der Waals surface area contributed by atoms with Crippen LogP contribution in [-0.2, 0) is 20.3 Å². The largest absolute Gasteiger partial charge is 0.477 e. The fourth-order valence-electron chi connectivity index (χ4n) is 4.19. The number of sulfonamides is 1. The van der Waals surface area contributed by atoms with Gasteiger partial charge in [0.15, 0.2) is 5.01 Å². The van der Waals surface area contributed by atoms with E-state index in [1.165, 1.54) is 30.8 Å². The molecule has 198 valence electrons. The van der Waals surface area contributed by atoms with Gasteiger partial charge in [0, 0.05) is 19.5 Å². The van der Waals surface area contributed by atoms with E-state index in [9.17, 15) is 13.2 Å². The molecule has 11 nitrogen and oxygen atoms in total. The standard InChI is InChI=1S/C24H30N6O5S2/c1-4-35-21-14-25-12-18(28-21)19-13-27-23(36-19)22(31)29-24(2,15-34-3)20-11-16(9-10-26-20)30-37(32,33)17-7-5-6-8-17/h9-14,17H,4-8,15H2,1-3H3,(H,26,30)(H,29,31)/t24-/m1/s1. The molecule has 3 heterocycles. The van der Waals surface area contributed by atoms with Crippen LogP contribution in [0.15, 0.2) is 36.9 Å². The van der Waals surface area contributed by atoms with E-state index < -0.39 is 26.7 Å². The van der Waals surface area contributed by atoms with Crippen molar-refractivity contribution in [3.8, 4) is 16.5 Å². The highest BCUT2D eigenvalue weighted by molar-refractivity contribution is 7.93. The van der Waals surface area contributed by atoms with Crippen LogP contribution in [0.4, 0.5) is 5.69 Å². The first-order valence-electron chi connectivity index (χ1n) is 11.9. The highest BCUT2D eigenvalue weighted by Crippen LogP contribution is 2.29. The molecule has 1 aliphatic carbocycles. The van der Waals surface area contributed by atoms with Crippen LogP contribution in [0.1, 0.15) is 55.0 Å². The third-order valence-corrected chi connectivity index (χ3v) is 8.89. The summed E-state index contributed by atoms with van der Waals surface area (Å²) in [6.07, 6.45) is 9.30. The Labute approximate surface area is 220 Å². The van der Waals surface area contributed by atoms with Crippen LogP contribution >= 0.6 is 11.3 Å². The maximum Gasteiger partial charge on any atom is 0.281 e. The fourth-order valence-corrected chi connectivity index (χ4v) is 6.53. The summed E-state index contributed by atoms with van der Waals surface area (Å²) in [6, 6.07) is 3.21. The second-order valence-corrected chi connectivity index (χ2v) is 11.9. The van der Waals surface area contributed by atoms with E-state index >= 15 is 0 Å². The van der Waals surface area contributed by atoms with Crippen molar-refractivity contribution in [1.29, 1.82) is 0 Å². The zero-order valence-corrected chi connectivity index (χ0v) is 22.6. The third kappa shape index (κ3) is 6.40. The van der Waals surface area contributed by atoms with Gasteiger partial charge >= 0.3 is 0 Å². The summed E-state index contributed by atoms with van der Waals surface area (Å²) in [5, 5.41) is 2.78. The molecule has 1 saturated carbocycles. The lowest BCUT2D eigenvalue weighted by Crippen LogP contribution is -2.47. The predicted octanol–water partition coefficient (Wildman–Crippen LogP) is 3.37. The number of ether oxygens (including phenoxy) is 2. The molecule has 0 radical (unpaired) electrons. The topological polar surface area (TPSA) is 145 Å². The Morgan fingerprint density at radius 3 is 2.73 bits per heavy atom. The number of aromatic nitrogens is 4. The van der Waals surface area contributed by atoms with Crippen molar-refractivity contribution in [1.82, 2.24) is 25.3 Å². The molecule has 1 amide bonds. The average Bonchev–Trinajstić information content (AvgIpc) is 3.58. The van der Waals surface area contributed by atoms with Gasteiger partial charge in [0.2, 0.25) is 15.9 Å². The van der Waals surface area contributed by atoms with Crippen molar-refractivity contribution < 1.29 is 22.7 Å². The molecule has 13 heteroatoms. The predicted molar refractivity (Wildman–Crippen MR) is 140 cm³/mol. The number of methoxy groups -OCH3 is 1. The Balaban J connectivity index is 1.53. The van der Waals surface area contributed by atoms with Crippen LogP contribution in [0.5, 0.6) is 5.88 Å². The summed E-state index contributed by atoms with van der Waals surface area (Å²) < 4.78 is 39.0. The molecule has 0 bridgehead atoms. The molecule has 2 N–H and O–H groups in total. The Morgan fingerprint density at radius 1 is 1.22 bits per heavy atom. The van der Waals surface area contributed by atoms with E-state index in [0.29, 0.717) is 47.3 Å². The van der Waals surface area contributed by atoms with E-state index in [1.807, 2.05) is 6.92 Å². The van der Waals surface area contributed by atoms with Crippen LogP contribution < -0.4 is 14.8 Å². The molecule has 0 saturated heterocycles. The molecule has 0 spiro atoms. The summed E-state index contributed by atoms with van der Waals surface area (Å²) in [4.78, 5) is 31.0. The van der Waals surface area contributed by atoms with Gasteiger partial charge in [-0.2, -0.15) is 0 Å². The lowest BCUT2D eigenvalue weighted by Gasteiger charge is -2.29. The van der Waals surface area contributed by atoms with Gasteiger partial charge in [-0.15, -0.1) is 11.3 Å². The van der Waals surface area contributed by atoms with Gasteiger partial charge in [0.25, 0.3) is 5.91 Å². The molecule has 1 fully saturated rings. The minimum Gasteiger partial charge on any atom is -0.477 e. The van der Waals surface area contributed by atoms with Crippen LogP contribution in [0.3, 0.4) is 0 Å². The second-order valence-electron chi connectivity index (χ2n) is 8.91. The van der Waals surface area contributed by atoms with Crippen molar-refractivity contribution in [2.45, 2.75) is 50.3 Å². The highest BCUT2D eigenvalue weighted by Gasteiger charge is 2.33. The lowest BCUT2D eigenvalue weighted by atomic mass is 9.97. The van der Waals surface area contributed by atoms with Crippen molar-refractivity contribution in [2.24, 2.45) is 0 Å². The number of rotatable bonds is 11. The number of hydrogen-bond donors (Lipinski definition) is 2. The monoisotopic (exact) mass is 546 g/mol. The Kier molecular flexibility index (Phi) is 8.35. The van der Waals surface area contributed by atoms with Crippen molar-refractivity contribution in [3.05, 3.63) is 47.6 Å². The maximum absolute atomic E-state index is 13.2. The van der Waals surface area contributed by atoms with Crippen LogP contribution in [0.2, 0.25) is 0 Å². The molecule has 1 aliphatic rings. The van der Waals surface area contributed by atoms with Gasteiger partial charge in [-0.25, -0.2) is 18.4 Å². The first-order valence-corrected chi connectivity index (χ1v) is 14.3. The number of carbonyl (C=O) groups excluding carboxylic acids is 1.